The van der Waals surface area contributed by atoms with Crippen molar-refractivity contribution in [2.24, 2.45) is 0 Å². The topological polar surface area (TPSA) is 78.2 Å². The van der Waals surface area contributed by atoms with Crippen LogP contribution >= 0.6 is 0 Å². The van der Waals surface area contributed by atoms with E-state index in [2.05, 4.69) is 112 Å². The molecule has 1 aliphatic carbocycles. The van der Waals surface area contributed by atoms with Crippen LogP contribution in [0.2, 0.25) is 0 Å². The van der Waals surface area contributed by atoms with Gasteiger partial charge >= 0.3 is 0 Å². The molecule has 8 nitrogen and oxygen atoms in total. The van der Waals surface area contributed by atoms with Crippen LogP contribution < -0.4 is 9.64 Å². The highest BCUT2D eigenvalue weighted by Gasteiger charge is 2.42. The summed E-state index contributed by atoms with van der Waals surface area (Å²) in [5, 5.41) is 6.41. The summed E-state index contributed by atoms with van der Waals surface area (Å²) in [5.41, 5.74) is 4.64. The zero-order chi connectivity index (χ0) is 30.3. The van der Waals surface area contributed by atoms with E-state index in [0.717, 1.165) is 70.7 Å². The van der Waals surface area contributed by atoms with E-state index in [-0.39, 0.29) is 5.60 Å². The molecule has 6 aromatic rings. The molecule has 0 radical (unpaired) electrons. The summed E-state index contributed by atoms with van der Waals surface area (Å²) in [6, 6.07) is 35.8. The molecule has 0 amide bonds. The van der Waals surface area contributed by atoms with Crippen LogP contribution in [0.5, 0.6) is 5.88 Å². The van der Waals surface area contributed by atoms with Crippen LogP contribution in [0.25, 0.3) is 22.3 Å². The molecule has 1 saturated heterocycles. The Morgan fingerprint density at radius 3 is 1.93 bits per heavy atom. The highest BCUT2D eigenvalue weighted by atomic mass is 16.5. The summed E-state index contributed by atoms with van der Waals surface area (Å²) < 4.78 is 14.1. The number of ether oxygens (including phenoxy) is 2. The fourth-order valence-corrected chi connectivity index (χ4v) is 6.37. The monoisotopic (exact) mass is 594 g/mol. The van der Waals surface area contributed by atoms with Crippen molar-refractivity contribution in [2.45, 2.75) is 30.9 Å². The average Bonchev–Trinajstić information content (AvgIpc) is 3.72. The zero-order valence-electron chi connectivity index (χ0n) is 25.2. The summed E-state index contributed by atoms with van der Waals surface area (Å²) in [5.74, 6) is 1.46. The van der Waals surface area contributed by atoms with Gasteiger partial charge in [0.15, 0.2) is 0 Å². The normalized spacial score (nSPS) is 16.1. The van der Waals surface area contributed by atoms with Crippen molar-refractivity contribution in [1.29, 1.82) is 0 Å². The molecule has 45 heavy (non-hydrogen) atoms. The number of aromatic nitrogens is 5. The fourth-order valence-electron chi connectivity index (χ4n) is 6.37. The SMILES string of the molecule is CC1(Oc2cc3c(-c4cc(N5CCOCC5)ncn4)nn(C(c4ccccc4)(c4ccccc4)c4ccccc4)c3cn2)CC1. The average molecular weight is 595 g/mol. The first kappa shape index (κ1) is 27.5. The van der Waals surface area contributed by atoms with Crippen LogP contribution in [-0.4, -0.2) is 56.6 Å². The van der Waals surface area contributed by atoms with Gasteiger partial charge in [0.2, 0.25) is 5.88 Å². The van der Waals surface area contributed by atoms with Crippen LogP contribution in [0, 0.1) is 0 Å². The van der Waals surface area contributed by atoms with Crippen molar-refractivity contribution >= 4 is 16.7 Å². The highest BCUT2D eigenvalue weighted by molar-refractivity contribution is 5.93. The minimum Gasteiger partial charge on any atom is -0.471 e. The summed E-state index contributed by atoms with van der Waals surface area (Å²) in [7, 11) is 0. The molecule has 0 atom stereocenters. The zero-order valence-corrected chi connectivity index (χ0v) is 25.2. The Kier molecular flexibility index (Phi) is 6.79. The molecule has 2 aliphatic rings. The van der Waals surface area contributed by atoms with E-state index in [1.807, 2.05) is 18.3 Å². The highest BCUT2D eigenvalue weighted by Crippen LogP contribution is 2.45. The Morgan fingerprint density at radius 2 is 1.36 bits per heavy atom. The van der Waals surface area contributed by atoms with Crippen LogP contribution in [-0.2, 0) is 10.3 Å². The first-order valence-corrected chi connectivity index (χ1v) is 15.5. The van der Waals surface area contributed by atoms with Crippen molar-refractivity contribution in [3.63, 3.8) is 0 Å². The van der Waals surface area contributed by atoms with Gasteiger partial charge in [0.05, 0.1) is 30.6 Å². The second-order valence-electron chi connectivity index (χ2n) is 12.0. The smallest absolute Gasteiger partial charge is 0.214 e. The van der Waals surface area contributed by atoms with Crippen LogP contribution in [0.15, 0.2) is 116 Å². The molecule has 1 aliphatic heterocycles. The van der Waals surface area contributed by atoms with E-state index in [9.17, 15) is 0 Å². The predicted molar refractivity (Wildman–Crippen MR) is 174 cm³/mol. The van der Waals surface area contributed by atoms with Gasteiger partial charge in [-0.05, 0) is 36.5 Å². The van der Waals surface area contributed by atoms with Gasteiger partial charge in [0.1, 0.15) is 29.0 Å². The molecule has 0 unspecified atom stereocenters. The van der Waals surface area contributed by atoms with E-state index in [0.29, 0.717) is 19.1 Å². The maximum Gasteiger partial charge on any atom is 0.214 e. The molecule has 224 valence electrons. The van der Waals surface area contributed by atoms with Crippen molar-refractivity contribution in [3.8, 4) is 17.3 Å². The number of hydrogen-bond donors (Lipinski definition) is 0. The quantitative estimate of drug-likeness (QED) is 0.186. The number of benzene rings is 3. The van der Waals surface area contributed by atoms with Crippen molar-refractivity contribution in [2.75, 3.05) is 31.2 Å². The standard InChI is InChI=1S/C37H34N6O2/c1-36(17-18-36)45-34-23-30-32(25-38-34)43(41-35(30)31-24-33(40-26-39-31)42-19-21-44-22-20-42)37(27-11-5-2-6-12-27,28-13-7-3-8-14-28)29-15-9-4-10-16-29/h2-16,23-26H,17-22H2,1H3. The molecule has 3 aromatic heterocycles. The minimum atomic E-state index is -0.813. The first-order valence-electron chi connectivity index (χ1n) is 15.5. The lowest BCUT2D eigenvalue weighted by Crippen LogP contribution is -2.38. The first-order chi connectivity index (χ1) is 22.1. The number of morpholine rings is 1. The second-order valence-corrected chi connectivity index (χ2v) is 12.0. The van der Waals surface area contributed by atoms with Gasteiger partial charge in [-0.3, -0.25) is 0 Å². The van der Waals surface area contributed by atoms with E-state index >= 15 is 0 Å². The summed E-state index contributed by atoms with van der Waals surface area (Å²) in [6.45, 7) is 5.05. The Balaban J connectivity index is 1.42. The van der Waals surface area contributed by atoms with Gasteiger partial charge in [-0.25, -0.2) is 19.6 Å². The Hall–Kier alpha value is -5.08. The van der Waals surface area contributed by atoms with E-state index < -0.39 is 5.54 Å². The maximum absolute atomic E-state index is 6.38. The number of fused-ring (bicyclic) bond motifs is 1. The third kappa shape index (κ3) is 4.91. The number of pyridine rings is 1. The fraction of sp³-hybridized carbons (Fsp3) is 0.243. The van der Waals surface area contributed by atoms with E-state index in [1.54, 1.807) is 6.33 Å². The molecule has 0 spiro atoms. The second kappa shape index (κ2) is 11.1. The molecular formula is C37H34N6O2. The summed E-state index contributed by atoms with van der Waals surface area (Å²) >= 11 is 0. The van der Waals surface area contributed by atoms with Gasteiger partial charge in [0.25, 0.3) is 0 Å². The maximum atomic E-state index is 6.38. The largest absolute Gasteiger partial charge is 0.471 e. The number of anilines is 1. The number of rotatable bonds is 8. The molecule has 1 saturated carbocycles. The van der Waals surface area contributed by atoms with Crippen molar-refractivity contribution < 1.29 is 9.47 Å². The molecule has 8 rings (SSSR count). The Bertz CT molecular complexity index is 1840. The van der Waals surface area contributed by atoms with Gasteiger partial charge < -0.3 is 14.4 Å². The molecule has 0 N–H and O–H groups in total. The third-order valence-corrected chi connectivity index (χ3v) is 8.97. The number of nitrogens with zero attached hydrogens (tertiary/aromatic N) is 6. The summed E-state index contributed by atoms with van der Waals surface area (Å²) in [4.78, 5) is 16.5. The lowest BCUT2D eigenvalue weighted by molar-refractivity contribution is 0.122. The lowest BCUT2D eigenvalue weighted by atomic mass is 9.77. The van der Waals surface area contributed by atoms with Crippen LogP contribution in [0.3, 0.4) is 0 Å². The van der Waals surface area contributed by atoms with Gasteiger partial charge in [-0.2, -0.15) is 5.10 Å². The predicted octanol–water partition coefficient (Wildman–Crippen LogP) is 6.50. The van der Waals surface area contributed by atoms with Crippen LogP contribution in [0.4, 0.5) is 5.82 Å². The van der Waals surface area contributed by atoms with Gasteiger partial charge in [-0.1, -0.05) is 91.0 Å². The molecule has 3 aromatic carbocycles. The molecular weight excluding hydrogens is 560 g/mol. The molecule has 2 fully saturated rings. The lowest BCUT2D eigenvalue weighted by Gasteiger charge is -2.37. The number of hydrogen-bond acceptors (Lipinski definition) is 7. The van der Waals surface area contributed by atoms with E-state index in [1.165, 1.54) is 0 Å². The molecule has 8 heteroatoms. The Morgan fingerprint density at radius 1 is 0.756 bits per heavy atom. The van der Waals surface area contributed by atoms with Gasteiger partial charge in [0, 0.05) is 30.6 Å². The third-order valence-electron chi connectivity index (χ3n) is 8.97. The molecule has 4 heterocycles. The Labute approximate surface area is 262 Å². The van der Waals surface area contributed by atoms with Crippen molar-refractivity contribution in [1.82, 2.24) is 24.7 Å². The molecule has 0 bridgehead atoms. The van der Waals surface area contributed by atoms with Gasteiger partial charge in [-0.15, -0.1) is 0 Å². The van der Waals surface area contributed by atoms with E-state index in [4.69, 9.17) is 24.5 Å². The van der Waals surface area contributed by atoms with Crippen LogP contribution in [0.1, 0.15) is 36.5 Å². The van der Waals surface area contributed by atoms with Crippen molar-refractivity contribution in [3.05, 3.63) is 132 Å². The summed E-state index contributed by atoms with van der Waals surface area (Å²) in [6.07, 6.45) is 5.58. The minimum absolute atomic E-state index is 0.170.